The number of anilines is 1. The minimum absolute atomic E-state index is 0.162. The third-order valence-corrected chi connectivity index (χ3v) is 6.10. The molecule has 4 rings (SSSR count). The Hall–Kier alpha value is -3.16. The first-order valence-corrected chi connectivity index (χ1v) is 11.4. The van der Waals surface area contributed by atoms with E-state index in [9.17, 15) is 4.79 Å². The van der Waals surface area contributed by atoms with Crippen LogP contribution >= 0.6 is 11.6 Å². The van der Waals surface area contributed by atoms with E-state index in [0.717, 1.165) is 60.2 Å². The van der Waals surface area contributed by atoms with Crippen molar-refractivity contribution in [2.45, 2.75) is 26.9 Å². The molecule has 0 bridgehead atoms. The number of aryl methyl sites for hydroxylation is 1. The number of carbonyl (C=O) groups excluding carboxylic acids is 1. The van der Waals surface area contributed by atoms with Crippen molar-refractivity contribution in [3.05, 3.63) is 81.8 Å². The summed E-state index contributed by atoms with van der Waals surface area (Å²) >= 11 is 6.29. The van der Waals surface area contributed by atoms with Crippen LogP contribution in [0.15, 0.2) is 48.7 Å². The molecule has 0 aliphatic carbocycles. The highest BCUT2D eigenvalue weighted by atomic mass is 35.5. The number of amides is 1. The summed E-state index contributed by atoms with van der Waals surface area (Å²) in [4.78, 5) is 19.1. The molecule has 3 aromatic rings. The van der Waals surface area contributed by atoms with Gasteiger partial charge in [0.25, 0.3) is 0 Å². The smallest absolute Gasteiger partial charge is 0.244 e. The molecular weight excluding hydrogens is 438 g/mol. The van der Waals surface area contributed by atoms with Crippen molar-refractivity contribution < 1.29 is 9.53 Å². The summed E-state index contributed by atoms with van der Waals surface area (Å²) in [5.74, 6) is 0.776. The summed E-state index contributed by atoms with van der Waals surface area (Å²) in [6.45, 7) is 8.09. The third-order valence-electron chi connectivity index (χ3n) is 5.73. The predicted molar refractivity (Wildman–Crippen MR) is 130 cm³/mol. The molecule has 0 atom stereocenters. The van der Waals surface area contributed by atoms with Gasteiger partial charge < -0.3 is 15.0 Å². The van der Waals surface area contributed by atoms with Crippen LogP contribution < -0.4 is 10.2 Å². The minimum atomic E-state index is -0.162. The number of nitrogens with one attached hydrogen (secondary N) is 1. The number of halogens is 1. The zero-order valence-corrected chi connectivity index (χ0v) is 19.7. The van der Waals surface area contributed by atoms with Crippen LogP contribution in [0.3, 0.4) is 0 Å². The highest BCUT2D eigenvalue weighted by Gasteiger charge is 2.13. The summed E-state index contributed by atoms with van der Waals surface area (Å²) < 4.78 is 7.29. The first-order chi connectivity index (χ1) is 16.0. The van der Waals surface area contributed by atoms with Gasteiger partial charge in [0.15, 0.2) is 0 Å². The largest absolute Gasteiger partial charge is 0.378 e. The van der Waals surface area contributed by atoms with Gasteiger partial charge in [0.05, 0.1) is 25.5 Å². The predicted octanol–water partition coefficient (Wildman–Crippen LogP) is 3.76. The molecule has 2 aromatic heterocycles. The van der Waals surface area contributed by atoms with E-state index in [1.54, 1.807) is 6.08 Å². The maximum Gasteiger partial charge on any atom is 0.244 e. The standard InChI is InChI=1S/C25H28ClN5O2/c1-18-22(19(2)31(29-18)17-21-5-3-4-6-23(21)26)8-10-25(32)28-16-20-7-9-24(27-15-20)30-11-13-33-14-12-30/h3-10,15H,11-14,16-17H2,1-2H3,(H,28,32)/b10-8+. The Morgan fingerprint density at radius 1 is 1.18 bits per heavy atom. The number of nitrogens with zero attached hydrogens (tertiary/aromatic N) is 4. The number of carbonyl (C=O) groups is 1. The average Bonchev–Trinajstić information content (AvgIpc) is 3.10. The highest BCUT2D eigenvalue weighted by Crippen LogP contribution is 2.20. The SMILES string of the molecule is Cc1nn(Cc2ccccc2Cl)c(C)c1/C=C/C(=O)NCc1ccc(N2CCOCC2)nc1. The highest BCUT2D eigenvalue weighted by molar-refractivity contribution is 6.31. The van der Waals surface area contributed by atoms with E-state index in [2.05, 4.69) is 20.3 Å². The lowest BCUT2D eigenvalue weighted by atomic mass is 10.1. The molecule has 1 N–H and O–H groups in total. The summed E-state index contributed by atoms with van der Waals surface area (Å²) in [5.41, 5.74) is 4.75. The van der Waals surface area contributed by atoms with Gasteiger partial charge in [0, 0.05) is 48.2 Å². The molecule has 0 spiro atoms. The Morgan fingerprint density at radius 3 is 2.70 bits per heavy atom. The molecular formula is C25H28ClN5O2. The van der Waals surface area contributed by atoms with E-state index in [4.69, 9.17) is 16.3 Å². The average molecular weight is 466 g/mol. The molecule has 3 heterocycles. The number of rotatable bonds is 7. The van der Waals surface area contributed by atoms with Crippen LogP contribution in [0.5, 0.6) is 0 Å². The van der Waals surface area contributed by atoms with Crippen molar-refractivity contribution in [3.8, 4) is 0 Å². The zero-order valence-electron chi connectivity index (χ0n) is 18.9. The summed E-state index contributed by atoms with van der Waals surface area (Å²) in [5, 5.41) is 8.25. The molecule has 1 aliphatic heterocycles. The first-order valence-electron chi connectivity index (χ1n) is 11.0. The lowest BCUT2D eigenvalue weighted by molar-refractivity contribution is -0.116. The van der Waals surface area contributed by atoms with E-state index < -0.39 is 0 Å². The van der Waals surface area contributed by atoms with Crippen molar-refractivity contribution in [2.24, 2.45) is 0 Å². The van der Waals surface area contributed by atoms with Crippen molar-refractivity contribution in [1.82, 2.24) is 20.1 Å². The van der Waals surface area contributed by atoms with Gasteiger partial charge in [0.1, 0.15) is 5.82 Å². The van der Waals surface area contributed by atoms with Crippen LogP contribution in [0, 0.1) is 13.8 Å². The molecule has 1 saturated heterocycles. The molecule has 172 valence electrons. The van der Waals surface area contributed by atoms with E-state index in [0.29, 0.717) is 18.1 Å². The molecule has 0 unspecified atom stereocenters. The normalized spacial score (nSPS) is 14.1. The fourth-order valence-corrected chi connectivity index (χ4v) is 4.00. The lowest BCUT2D eigenvalue weighted by Gasteiger charge is -2.27. The van der Waals surface area contributed by atoms with E-state index >= 15 is 0 Å². The number of aromatic nitrogens is 3. The second-order valence-corrected chi connectivity index (χ2v) is 8.42. The van der Waals surface area contributed by atoms with Crippen molar-refractivity contribution in [1.29, 1.82) is 0 Å². The molecule has 33 heavy (non-hydrogen) atoms. The van der Waals surface area contributed by atoms with Crippen LogP contribution in [0.1, 0.15) is 28.1 Å². The molecule has 0 radical (unpaired) electrons. The summed E-state index contributed by atoms with van der Waals surface area (Å²) in [7, 11) is 0. The Labute approximate surface area is 199 Å². The fourth-order valence-electron chi connectivity index (χ4n) is 3.80. The second-order valence-electron chi connectivity index (χ2n) is 8.01. The molecule has 1 amide bonds. The van der Waals surface area contributed by atoms with E-state index in [-0.39, 0.29) is 5.91 Å². The molecule has 1 aromatic carbocycles. The van der Waals surface area contributed by atoms with Crippen LogP contribution in [-0.4, -0.2) is 47.0 Å². The van der Waals surface area contributed by atoms with Gasteiger partial charge in [-0.2, -0.15) is 5.10 Å². The quantitative estimate of drug-likeness (QED) is 0.538. The van der Waals surface area contributed by atoms with Crippen LogP contribution in [0.25, 0.3) is 6.08 Å². The summed E-state index contributed by atoms with van der Waals surface area (Å²) in [6, 6.07) is 11.7. The van der Waals surface area contributed by atoms with Crippen LogP contribution in [0.2, 0.25) is 5.02 Å². The number of pyridine rings is 1. The molecule has 1 fully saturated rings. The number of ether oxygens (including phenoxy) is 1. The number of hydrogen-bond donors (Lipinski definition) is 1. The van der Waals surface area contributed by atoms with Crippen molar-refractivity contribution in [2.75, 3.05) is 31.2 Å². The lowest BCUT2D eigenvalue weighted by Crippen LogP contribution is -2.36. The van der Waals surface area contributed by atoms with Gasteiger partial charge >= 0.3 is 0 Å². The Balaban J connectivity index is 1.34. The van der Waals surface area contributed by atoms with Gasteiger partial charge in [-0.05, 0) is 43.2 Å². The van der Waals surface area contributed by atoms with Gasteiger partial charge in [0.2, 0.25) is 5.91 Å². The maximum atomic E-state index is 12.4. The second kappa shape index (κ2) is 10.6. The van der Waals surface area contributed by atoms with Crippen molar-refractivity contribution in [3.63, 3.8) is 0 Å². The van der Waals surface area contributed by atoms with Crippen LogP contribution in [-0.2, 0) is 22.6 Å². The maximum absolute atomic E-state index is 12.4. The molecule has 0 saturated carbocycles. The topological polar surface area (TPSA) is 72.3 Å². The Morgan fingerprint density at radius 2 is 1.97 bits per heavy atom. The molecule has 8 heteroatoms. The third kappa shape index (κ3) is 5.80. The summed E-state index contributed by atoms with van der Waals surface area (Å²) in [6.07, 6.45) is 5.17. The van der Waals surface area contributed by atoms with Gasteiger partial charge in [-0.15, -0.1) is 0 Å². The minimum Gasteiger partial charge on any atom is -0.378 e. The van der Waals surface area contributed by atoms with Gasteiger partial charge in [-0.25, -0.2) is 4.98 Å². The van der Waals surface area contributed by atoms with Crippen LogP contribution in [0.4, 0.5) is 5.82 Å². The monoisotopic (exact) mass is 465 g/mol. The number of morpholine rings is 1. The zero-order chi connectivity index (χ0) is 23.2. The number of benzene rings is 1. The Kier molecular flexibility index (Phi) is 7.42. The van der Waals surface area contributed by atoms with E-state index in [1.807, 2.05) is 67.2 Å². The van der Waals surface area contributed by atoms with E-state index in [1.165, 1.54) is 0 Å². The first kappa shape index (κ1) is 23.0. The van der Waals surface area contributed by atoms with Crippen molar-refractivity contribution >= 4 is 29.4 Å². The number of hydrogen-bond acceptors (Lipinski definition) is 5. The Bertz CT molecular complexity index is 1130. The fraction of sp³-hybridized carbons (Fsp3) is 0.320. The molecule has 7 nitrogen and oxygen atoms in total. The van der Waals surface area contributed by atoms with Gasteiger partial charge in [-0.1, -0.05) is 35.9 Å². The van der Waals surface area contributed by atoms with Gasteiger partial charge in [-0.3, -0.25) is 9.48 Å². The molecule has 1 aliphatic rings.